The number of nitrogens with one attached hydrogen (secondary N) is 1. The summed E-state index contributed by atoms with van der Waals surface area (Å²) in [5.74, 6) is -0.470. The van der Waals surface area contributed by atoms with E-state index in [1.807, 2.05) is 45.3 Å². The summed E-state index contributed by atoms with van der Waals surface area (Å²) in [5, 5.41) is 3.70. The molecule has 0 spiro atoms. The van der Waals surface area contributed by atoms with Crippen LogP contribution in [-0.2, 0) is 11.2 Å². The van der Waals surface area contributed by atoms with E-state index in [2.05, 4.69) is 10.2 Å². The molecule has 25 heavy (non-hydrogen) atoms. The van der Waals surface area contributed by atoms with Crippen molar-refractivity contribution in [2.24, 2.45) is 5.92 Å². The van der Waals surface area contributed by atoms with Crippen LogP contribution >= 0.6 is 11.6 Å². The van der Waals surface area contributed by atoms with Crippen molar-refractivity contribution in [2.75, 3.05) is 20.6 Å². The van der Waals surface area contributed by atoms with Crippen LogP contribution in [0.15, 0.2) is 48.5 Å². The Bertz CT molecular complexity index is 703. The molecule has 0 saturated carbocycles. The van der Waals surface area contributed by atoms with Gasteiger partial charge in [-0.3, -0.25) is 4.79 Å². The van der Waals surface area contributed by atoms with Gasteiger partial charge in [0.15, 0.2) is 0 Å². The Hall–Kier alpha value is -1.91. The molecule has 2 rings (SSSR count). The Labute approximate surface area is 153 Å². The van der Waals surface area contributed by atoms with Crippen LogP contribution in [0, 0.1) is 11.7 Å². The van der Waals surface area contributed by atoms with E-state index in [0.717, 1.165) is 11.1 Å². The summed E-state index contributed by atoms with van der Waals surface area (Å²) in [6.45, 7) is 2.38. The molecule has 1 amide bonds. The smallest absolute Gasteiger partial charge is 0.223 e. The third kappa shape index (κ3) is 5.83. The molecule has 0 aliphatic rings. The fourth-order valence-electron chi connectivity index (χ4n) is 2.75. The first kappa shape index (κ1) is 19.4. The average molecular weight is 363 g/mol. The topological polar surface area (TPSA) is 32.3 Å². The molecule has 0 aliphatic carbocycles. The zero-order valence-electron chi connectivity index (χ0n) is 14.8. The van der Waals surface area contributed by atoms with E-state index in [1.54, 1.807) is 12.1 Å². The maximum absolute atomic E-state index is 13.0. The molecule has 134 valence electrons. The van der Waals surface area contributed by atoms with Gasteiger partial charge in [0.05, 0.1) is 6.04 Å². The number of hydrogen-bond donors (Lipinski definition) is 1. The van der Waals surface area contributed by atoms with E-state index >= 15 is 0 Å². The van der Waals surface area contributed by atoms with Crippen LogP contribution in [0.2, 0.25) is 5.02 Å². The standard InChI is InChI=1S/C20H24ClFN2O/c1-14(11-15-7-9-18(22)10-8-15)20(25)23-13-19(24(2)3)16-5-4-6-17(21)12-16/h4-10,12,14,19H,11,13H2,1-3H3,(H,23,25). The summed E-state index contributed by atoms with van der Waals surface area (Å²) in [6.07, 6.45) is 0.579. The SMILES string of the molecule is CC(Cc1ccc(F)cc1)C(=O)NCC(c1cccc(Cl)c1)N(C)C. The average Bonchev–Trinajstić information content (AvgIpc) is 2.56. The Kier molecular flexibility index (Phi) is 6.97. The summed E-state index contributed by atoms with van der Waals surface area (Å²) in [4.78, 5) is 14.5. The summed E-state index contributed by atoms with van der Waals surface area (Å²) in [6, 6.07) is 14.0. The lowest BCUT2D eigenvalue weighted by Crippen LogP contribution is -2.37. The largest absolute Gasteiger partial charge is 0.354 e. The highest BCUT2D eigenvalue weighted by atomic mass is 35.5. The number of benzene rings is 2. The molecule has 1 N–H and O–H groups in total. The van der Waals surface area contributed by atoms with Crippen LogP contribution in [0.3, 0.4) is 0 Å². The van der Waals surface area contributed by atoms with Gasteiger partial charge in [-0.2, -0.15) is 0 Å². The number of likely N-dealkylation sites (N-methyl/N-ethyl adjacent to an activating group) is 1. The van der Waals surface area contributed by atoms with E-state index in [4.69, 9.17) is 11.6 Å². The predicted octanol–water partition coefficient (Wildman–Crippen LogP) is 4.08. The molecule has 3 nitrogen and oxygen atoms in total. The first-order valence-electron chi connectivity index (χ1n) is 8.31. The van der Waals surface area contributed by atoms with Crippen LogP contribution in [0.4, 0.5) is 4.39 Å². The van der Waals surface area contributed by atoms with Gasteiger partial charge in [-0.15, -0.1) is 0 Å². The van der Waals surface area contributed by atoms with E-state index in [-0.39, 0.29) is 23.7 Å². The van der Waals surface area contributed by atoms with Crippen molar-refractivity contribution in [3.8, 4) is 0 Å². The molecule has 0 aliphatic heterocycles. The molecule has 2 unspecified atom stereocenters. The highest BCUT2D eigenvalue weighted by Crippen LogP contribution is 2.21. The van der Waals surface area contributed by atoms with Gasteiger partial charge in [0.1, 0.15) is 5.82 Å². The molecule has 2 aromatic rings. The monoisotopic (exact) mass is 362 g/mol. The van der Waals surface area contributed by atoms with Gasteiger partial charge in [-0.05, 0) is 55.9 Å². The number of amides is 1. The number of carbonyl (C=O) groups is 1. The van der Waals surface area contributed by atoms with Gasteiger partial charge in [0.25, 0.3) is 0 Å². The number of rotatable bonds is 7. The number of nitrogens with zero attached hydrogens (tertiary/aromatic N) is 1. The lowest BCUT2D eigenvalue weighted by atomic mass is 10.00. The van der Waals surface area contributed by atoms with Crippen molar-refractivity contribution in [3.05, 3.63) is 70.5 Å². The zero-order valence-corrected chi connectivity index (χ0v) is 15.6. The minimum atomic E-state index is -0.267. The van der Waals surface area contributed by atoms with Crippen molar-refractivity contribution >= 4 is 17.5 Å². The number of halogens is 2. The van der Waals surface area contributed by atoms with Crippen molar-refractivity contribution < 1.29 is 9.18 Å². The lowest BCUT2D eigenvalue weighted by Gasteiger charge is -2.26. The van der Waals surface area contributed by atoms with Gasteiger partial charge in [0.2, 0.25) is 5.91 Å². The predicted molar refractivity (Wildman–Crippen MR) is 100 cm³/mol. The maximum Gasteiger partial charge on any atom is 0.223 e. The van der Waals surface area contributed by atoms with E-state index in [0.29, 0.717) is 18.0 Å². The van der Waals surface area contributed by atoms with Crippen LogP contribution in [0.5, 0.6) is 0 Å². The number of hydrogen-bond acceptors (Lipinski definition) is 2. The molecule has 0 heterocycles. The summed E-state index contributed by atoms with van der Waals surface area (Å²) < 4.78 is 13.0. The van der Waals surface area contributed by atoms with Gasteiger partial charge < -0.3 is 10.2 Å². The molecular formula is C20H24ClFN2O. The molecule has 0 fully saturated rings. The normalized spacial score (nSPS) is 13.5. The molecule has 2 atom stereocenters. The Balaban J connectivity index is 1.95. The van der Waals surface area contributed by atoms with Gasteiger partial charge in [0, 0.05) is 17.5 Å². The quantitative estimate of drug-likeness (QED) is 0.805. The highest BCUT2D eigenvalue weighted by Gasteiger charge is 2.18. The molecule has 5 heteroatoms. The van der Waals surface area contributed by atoms with E-state index in [1.165, 1.54) is 12.1 Å². The van der Waals surface area contributed by atoms with Gasteiger partial charge in [-0.1, -0.05) is 42.8 Å². The van der Waals surface area contributed by atoms with E-state index < -0.39 is 0 Å². The molecule has 0 saturated heterocycles. The molecular weight excluding hydrogens is 339 g/mol. The first-order valence-corrected chi connectivity index (χ1v) is 8.68. The van der Waals surface area contributed by atoms with Crippen molar-refractivity contribution in [3.63, 3.8) is 0 Å². The molecule has 0 bridgehead atoms. The second-order valence-electron chi connectivity index (χ2n) is 6.51. The summed E-state index contributed by atoms with van der Waals surface area (Å²) >= 11 is 6.08. The highest BCUT2D eigenvalue weighted by molar-refractivity contribution is 6.30. The van der Waals surface area contributed by atoms with Crippen LogP contribution in [0.1, 0.15) is 24.1 Å². The van der Waals surface area contributed by atoms with Gasteiger partial charge >= 0.3 is 0 Å². The minimum absolute atomic E-state index is 0.0156. The van der Waals surface area contributed by atoms with Crippen molar-refractivity contribution in [1.82, 2.24) is 10.2 Å². The zero-order chi connectivity index (χ0) is 18.4. The Morgan fingerprint density at radius 3 is 2.48 bits per heavy atom. The first-order chi connectivity index (χ1) is 11.9. The minimum Gasteiger partial charge on any atom is -0.354 e. The van der Waals surface area contributed by atoms with Crippen molar-refractivity contribution in [1.29, 1.82) is 0 Å². The fourth-order valence-corrected chi connectivity index (χ4v) is 2.95. The van der Waals surface area contributed by atoms with Gasteiger partial charge in [-0.25, -0.2) is 4.39 Å². The Morgan fingerprint density at radius 2 is 1.88 bits per heavy atom. The van der Waals surface area contributed by atoms with Crippen LogP contribution < -0.4 is 5.32 Å². The fraction of sp³-hybridized carbons (Fsp3) is 0.350. The second kappa shape index (κ2) is 8.97. The molecule has 0 aromatic heterocycles. The molecule has 2 aromatic carbocycles. The lowest BCUT2D eigenvalue weighted by molar-refractivity contribution is -0.124. The number of carbonyl (C=O) groups excluding carboxylic acids is 1. The maximum atomic E-state index is 13.0. The summed E-state index contributed by atoms with van der Waals surface area (Å²) in [5.41, 5.74) is 2.01. The van der Waals surface area contributed by atoms with Crippen LogP contribution in [-0.4, -0.2) is 31.4 Å². The third-order valence-corrected chi connectivity index (χ3v) is 4.46. The summed E-state index contributed by atoms with van der Waals surface area (Å²) in [7, 11) is 3.94. The van der Waals surface area contributed by atoms with Crippen LogP contribution in [0.25, 0.3) is 0 Å². The third-order valence-electron chi connectivity index (χ3n) is 4.23. The van der Waals surface area contributed by atoms with Crippen molar-refractivity contribution in [2.45, 2.75) is 19.4 Å². The van der Waals surface area contributed by atoms with E-state index in [9.17, 15) is 9.18 Å². The second-order valence-corrected chi connectivity index (χ2v) is 6.95. The Morgan fingerprint density at radius 1 is 1.20 bits per heavy atom. The molecule has 0 radical (unpaired) electrons.